The van der Waals surface area contributed by atoms with Crippen LogP contribution in [0.5, 0.6) is 0 Å². The molecule has 0 atom stereocenters. The zero-order chi connectivity index (χ0) is 15.5. The molecule has 1 N–H and O–H groups in total. The number of hydrogen-bond acceptors (Lipinski definition) is 7. The molecular weight excluding hydrogens is 292 g/mol. The van der Waals surface area contributed by atoms with E-state index in [1.165, 1.54) is 11.5 Å². The van der Waals surface area contributed by atoms with E-state index in [9.17, 15) is 4.79 Å². The van der Waals surface area contributed by atoms with E-state index >= 15 is 0 Å². The lowest BCUT2D eigenvalue weighted by molar-refractivity contribution is 0.0527. The lowest BCUT2D eigenvalue weighted by atomic mass is 10.2. The molecule has 0 saturated carbocycles. The van der Waals surface area contributed by atoms with Gasteiger partial charge in [-0.25, -0.2) is 4.79 Å². The second-order valence-corrected chi connectivity index (χ2v) is 5.21. The molecule has 0 aliphatic rings. The molecule has 0 aromatic carbocycles. The highest BCUT2D eigenvalue weighted by atomic mass is 32.1. The Morgan fingerprint density at radius 2 is 2.10 bits per heavy atom. The third-order valence-corrected chi connectivity index (χ3v) is 3.67. The van der Waals surface area contributed by atoms with Crippen molar-refractivity contribution in [3.63, 3.8) is 0 Å². The van der Waals surface area contributed by atoms with E-state index in [0.717, 1.165) is 31.0 Å². The summed E-state index contributed by atoms with van der Waals surface area (Å²) in [6, 6.07) is 0. The van der Waals surface area contributed by atoms with Gasteiger partial charge in [-0.2, -0.15) is 4.37 Å². The molecule has 0 unspecified atom stereocenters. The van der Waals surface area contributed by atoms with Gasteiger partial charge < -0.3 is 19.5 Å². The molecule has 21 heavy (non-hydrogen) atoms. The summed E-state index contributed by atoms with van der Waals surface area (Å²) in [5.74, 6) is -0.311. The molecule has 0 aliphatic carbocycles. The number of nitrogens with one attached hydrogen (secondary N) is 1. The molecule has 7 heteroatoms. The Kier molecular flexibility index (Phi) is 8.96. The number of aromatic nitrogens is 1. The maximum atomic E-state index is 11.9. The topological polar surface area (TPSA) is 69.7 Å². The van der Waals surface area contributed by atoms with Crippen molar-refractivity contribution in [2.75, 3.05) is 45.4 Å². The van der Waals surface area contributed by atoms with Crippen molar-refractivity contribution >= 4 is 22.5 Å². The molecule has 0 fully saturated rings. The highest BCUT2D eigenvalue weighted by Crippen LogP contribution is 2.25. The average molecular weight is 316 g/mol. The zero-order valence-corrected chi connectivity index (χ0v) is 13.8. The summed E-state index contributed by atoms with van der Waals surface area (Å²) in [4.78, 5) is 11.9. The van der Waals surface area contributed by atoms with E-state index in [2.05, 4.69) is 9.69 Å². The molecule has 6 nitrogen and oxygen atoms in total. The molecule has 0 spiro atoms. The van der Waals surface area contributed by atoms with Gasteiger partial charge >= 0.3 is 5.97 Å². The molecule has 0 bridgehead atoms. The number of esters is 1. The van der Waals surface area contributed by atoms with E-state index in [4.69, 9.17) is 14.2 Å². The number of carbonyl (C=O) groups is 1. The Hall–Kier alpha value is -1.18. The first-order valence-corrected chi connectivity index (χ1v) is 7.92. The van der Waals surface area contributed by atoms with E-state index in [1.54, 1.807) is 14.0 Å². The van der Waals surface area contributed by atoms with E-state index in [1.807, 2.05) is 6.92 Å². The molecule has 1 rings (SSSR count). The van der Waals surface area contributed by atoms with Gasteiger partial charge in [-0.1, -0.05) is 0 Å². The molecule has 0 saturated heterocycles. The highest BCUT2D eigenvalue weighted by Gasteiger charge is 2.19. The zero-order valence-electron chi connectivity index (χ0n) is 12.9. The molecule has 1 heterocycles. The van der Waals surface area contributed by atoms with Crippen LogP contribution in [0.2, 0.25) is 0 Å². The summed E-state index contributed by atoms with van der Waals surface area (Å²) in [7, 11) is 1.66. The Bertz CT molecular complexity index is 423. The van der Waals surface area contributed by atoms with Crippen molar-refractivity contribution in [2.45, 2.75) is 26.7 Å². The van der Waals surface area contributed by atoms with Crippen molar-refractivity contribution in [3.8, 4) is 0 Å². The fourth-order valence-electron chi connectivity index (χ4n) is 1.71. The standard InChI is InChI=1S/C14H24N2O4S/c1-4-20-14(17)12-11(2)16-21-13(12)15-7-5-6-8-19-10-9-18-3/h15H,4-10H2,1-3H3. The maximum Gasteiger partial charge on any atom is 0.343 e. The third-order valence-electron chi connectivity index (χ3n) is 2.78. The minimum absolute atomic E-state index is 0.311. The second-order valence-electron chi connectivity index (χ2n) is 4.43. The molecule has 1 aromatic rings. The first kappa shape index (κ1) is 17.9. The predicted molar refractivity (Wildman–Crippen MR) is 83.2 cm³/mol. The Labute approximate surface area is 129 Å². The van der Waals surface area contributed by atoms with Gasteiger partial charge in [-0.15, -0.1) is 0 Å². The van der Waals surface area contributed by atoms with Gasteiger partial charge in [-0.05, 0) is 38.2 Å². The molecule has 0 amide bonds. The van der Waals surface area contributed by atoms with Crippen LogP contribution in [-0.2, 0) is 14.2 Å². The number of ether oxygens (including phenoxy) is 3. The number of carbonyl (C=O) groups excluding carboxylic acids is 1. The molecule has 0 radical (unpaired) electrons. The second kappa shape index (κ2) is 10.5. The quantitative estimate of drug-likeness (QED) is 0.499. The first-order chi connectivity index (χ1) is 10.2. The number of methoxy groups -OCH3 is 1. The number of anilines is 1. The van der Waals surface area contributed by atoms with Gasteiger partial charge in [0.05, 0.1) is 25.5 Å². The lowest BCUT2D eigenvalue weighted by Crippen LogP contribution is -2.10. The Balaban J connectivity index is 2.28. The summed E-state index contributed by atoms with van der Waals surface area (Å²) < 4.78 is 19.5. The van der Waals surface area contributed by atoms with Crippen molar-refractivity contribution in [3.05, 3.63) is 11.3 Å². The van der Waals surface area contributed by atoms with E-state index in [-0.39, 0.29) is 5.97 Å². The van der Waals surface area contributed by atoms with Crippen LogP contribution in [0.4, 0.5) is 5.00 Å². The van der Waals surface area contributed by atoms with Gasteiger partial charge in [0.1, 0.15) is 10.6 Å². The van der Waals surface area contributed by atoms with Crippen molar-refractivity contribution in [2.24, 2.45) is 0 Å². The van der Waals surface area contributed by atoms with Crippen LogP contribution in [0.15, 0.2) is 0 Å². The molecule has 120 valence electrons. The van der Waals surface area contributed by atoms with Crippen LogP contribution in [0.3, 0.4) is 0 Å². The number of hydrogen-bond donors (Lipinski definition) is 1. The van der Waals surface area contributed by atoms with Gasteiger partial charge in [0.15, 0.2) is 0 Å². The van der Waals surface area contributed by atoms with Crippen LogP contribution >= 0.6 is 11.5 Å². The minimum Gasteiger partial charge on any atom is -0.462 e. The molecule has 1 aromatic heterocycles. The van der Waals surface area contributed by atoms with Crippen LogP contribution in [0.1, 0.15) is 35.8 Å². The third kappa shape index (κ3) is 6.41. The Morgan fingerprint density at radius 3 is 2.81 bits per heavy atom. The van der Waals surface area contributed by atoms with E-state index in [0.29, 0.717) is 31.1 Å². The smallest absolute Gasteiger partial charge is 0.343 e. The summed E-state index contributed by atoms with van der Waals surface area (Å²) in [6.45, 7) is 6.74. The van der Waals surface area contributed by atoms with Gasteiger partial charge in [0.25, 0.3) is 0 Å². The highest BCUT2D eigenvalue weighted by molar-refractivity contribution is 7.10. The summed E-state index contributed by atoms with van der Waals surface area (Å²) in [6.07, 6.45) is 1.93. The number of rotatable bonds is 11. The van der Waals surface area contributed by atoms with Crippen molar-refractivity contribution < 1.29 is 19.0 Å². The molecular formula is C14H24N2O4S. The number of aryl methyl sites for hydroxylation is 1. The lowest BCUT2D eigenvalue weighted by Gasteiger charge is -2.07. The fraction of sp³-hybridized carbons (Fsp3) is 0.714. The van der Waals surface area contributed by atoms with Gasteiger partial charge in [0, 0.05) is 20.3 Å². The monoisotopic (exact) mass is 316 g/mol. The summed E-state index contributed by atoms with van der Waals surface area (Å²) in [5, 5.41) is 4.03. The maximum absolute atomic E-state index is 11.9. The predicted octanol–water partition coefficient (Wildman–Crippen LogP) is 2.48. The van der Waals surface area contributed by atoms with Gasteiger partial charge in [-0.3, -0.25) is 0 Å². The average Bonchev–Trinajstić information content (AvgIpc) is 2.83. The van der Waals surface area contributed by atoms with Crippen LogP contribution in [0, 0.1) is 6.92 Å². The van der Waals surface area contributed by atoms with Gasteiger partial charge in [0.2, 0.25) is 0 Å². The fourth-order valence-corrected chi connectivity index (χ4v) is 2.52. The largest absolute Gasteiger partial charge is 0.462 e. The summed E-state index contributed by atoms with van der Waals surface area (Å²) in [5.41, 5.74) is 1.27. The van der Waals surface area contributed by atoms with Crippen LogP contribution in [-0.4, -0.2) is 50.4 Å². The first-order valence-electron chi connectivity index (χ1n) is 7.14. The number of unbranched alkanes of at least 4 members (excludes halogenated alkanes) is 1. The van der Waals surface area contributed by atoms with Crippen molar-refractivity contribution in [1.29, 1.82) is 0 Å². The van der Waals surface area contributed by atoms with E-state index < -0.39 is 0 Å². The normalized spacial score (nSPS) is 10.6. The van der Waals surface area contributed by atoms with Crippen molar-refractivity contribution in [1.82, 2.24) is 4.37 Å². The van der Waals surface area contributed by atoms with Crippen LogP contribution < -0.4 is 5.32 Å². The minimum atomic E-state index is -0.311. The summed E-state index contributed by atoms with van der Waals surface area (Å²) >= 11 is 1.30. The Morgan fingerprint density at radius 1 is 1.29 bits per heavy atom. The van der Waals surface area contributed by atoms with Crippen LogP contribution in [0.25, 0.3) is 0 Å². The number of nitrogens with zero attached hydrogens (tertiary/aromatic N) is 1. The molecule has 0 aliphatic heterocycles. The SMILES string of the molecule is CCOC(=O)c1c(C)nsc1NCCCCOCCOC.